The van der Waals surface area contributed by atoms with Crippen LogP contribution in [0.3, 0.4) is 0 Å². The lowest BCUT2D eigenvalue weighted by Gasteiger charge is -2.23. The quantitative estimate of drug-likeness (QED) is 0.716. The van der Waals surface area contributed by atoms with Crippen LogP contribution in [0.15, 0.2) is 12.1 Å². The predicted molar refractivity (Wildman–Crippen MR) is 72.5 cm³/mol. The summed E-state index contributed by atoms with van der Waals surface area (Å²) in [5.74, 6) is -1.09. The number of hydrogen-bond donors (Lipinski definition) is 0. The zero-order valence-electron chi connectivity index (χ0n) is 11.1. The Balaban J connectivity index is 1.95. The summed E-state index contributed by atoms with van der Waals surface area (Å²) in [4.78, 5) is 0. The van der Waals surface area contributed by atoms with Crippen LogP contribution < -0.4 is 0 Å². The van der Waals surface area contributed by atoms with E-state index in [2.05, 4.69) is 0 Å². The highest BCUT2D eigenvalue weighted by atomic mass is 35.5. The van der Waals surface area contributed by atoms with Gasteiger partial charge in [-0.05, 0) is 50.7 Å². The zero-order valence-corrected chi connectivity index (χ0v) is 11.9. The lowest BCUT2D eigenvalue weighted by Crippen LogP contribution is -2.19. The van der Waals surface area contributed by atoms with Crippen LogP contribution in [-0.4, -0.2) is 12.7 Å². The minimum Gasteiger partial charge on any atom is -0.378 e. The van der Waals surface area contributed by atoms with E-state index in [0.29, 0.717) is 17.5 Å². The second kappa shape index (κ2) is 6.67. The zero-order chi connectivity index (χ0) is 13.8. The van der Waals surface area contributed by atoms with Crippen molar-refractivity contribution in [3.8, 4) is 0 Å². The summed E-state index contributed by atoms with van der Waals surface area (Å²) in [5, 5.41) is -0.426. The van der Waals surface area contributed by atoms with E-state index < -0.39 is 17.0 Å². The molecule has 106 valence electrons. The van der Waals surface area contributed by atoms with Crippen molar-refractivity contribution in [3.63, 3.8) is 0 Å². The number of ether oxygens (including phenoxy) is 1. The van der Waals surface area contributed by atoms with Crippen LogP contribution in [0, 0.1) is 18.6 Å². The third-order valence-corrected chi connectivity index (χ3v) is 4.08. The van der Waals surface area contributed by atoms with Crippen LogP contribution in [0.2, 0.25) is 0 Å². The van der Waals surface area contributed by atoms with Crippen molar-refractivity contribution in [1.82, 2.24) is 0 Å². The molecule has 1 saturated heterocycles. The molecule has 1 aromatic carbocycles. The molecule has 0 saturated carbocycles. The predicted octanol–water partition coefficient (Wildman–Crippen LogP) is 4.90. The SMILES string of the molecule is Cc1cc(C(Cl)CCC2CCCCO2)c(F)cc1F. The normalized spacial score (nSPS) is 21.4. The summed E-state index contributed by atoms with van der Waals surface area (Å²) in [6.45, 7) is 2.42. The lowest BCUT2D eigenvalue weighted by molar-refractivity contribution is 0.00997. The van der Waals surface area contributed by atoms with E-state index in [-0.39, 0.29) is 6.10 Å². The standard InChI is InChI=1S/C15H19ClF2O/c1-10-8-12(15(18)9-14(10)17)13(16)6-5-11-4-2-3-7-19-11/h8-9,11,13H,2-7H2,1H3. The Kier molecular flexibility index (Phi) is 5.17. The minimum absolute atomic E-state index is 0.236. The van der Waals surface area contributed by atoms with Crippen molar-refractivity contribution in [2.75, 3.05) is 6.61 Å². The van der Waals surface area contributed by atoms with Gasteiger partial charge in [0.15, 0.2) is 0 Å². The first-order chi connectivity index (χ1) is 9.08. The summed E-state index contributed by atoms with van der Waals surface area (Å²) in [7, 11) is 0. The molecule has 1 aromatic rings. The number of rotatable bonds is 4. The molecule has 2 atom stereocenters. The molecule has 0 N–H and O–H groups in total. The number of halogens is 3. The molecule has 1 aliphatic heterocycles. The van der Waals surface area contributed by atoms with E-state index in [1.807, 2.05) is 0 Å². The van der Waals surface area contributed by atoms with Crippen LogP contribution in [0.25, 0.3) is 0 Å². The average Bonchev–Trinajstić information content (AvgIpc) is 2.41. The van der Waals surface area contributed by atoms with Crippen molar-refractivity contribution in [3.05, 3.63) is 34.9 Å². The molecule has 2 rings (SSSR count). The van der Waals surface area contributed by atoms with Crippen molar-refractivity contribution in [1.29, 1.82) is 0 Å². The topological polar surface area (TPSA) is 9.23 Å². The monoisotopic (exact) mass is 288 g/mol. The van der Waals surface area contributed by atoms with Crippen LogP contribution in [-0.2, 0) is 4.74 Å². The molecule has 1 fully saturated rings. The number of aryl methyl sites for hydroxylation is 1. The molecule has 0 spiro atoms. The van der Waals surface area contributed by atoms with E-state index in [4.69, 9.17) is 16.3 Å². The first-order valence-corrected chi connectivity index (χ1v) is 7.23. The number of hydrogen-bond acceptors (Lipinski definition) is 1. The third-order valence-electron chi connectivity index (χ3n) is 3.63. The van der Waals surface area contributed by atoms with Crippen LogP contribution in [0.1, 0.15) is 48.6 Å². The van der Waals surface area contributed by atoms with E-state index in [1.54, 1.807) is 6.92 Å². The second-order valence-electron chi connectivity index (χ2n) is 5.16. The Bertz CT molecular complexity index is 430. The maximum atomic E-state index is 13.7. The van der Waals surface area contributed by atoms with Gasteiger partial charge in [-0.25, -0.2) is 8.78 Å². The van der Waals surface area contributed by atoms with Crippen LogP contribution >= 0.6 is 11.6 Å². The van der Waals surface area contributed by atoms with Gasteiger partial charge in [-0.2, -0.15) is 0 Å². The summed E-state index contributed by atoms with van der Waals surface area (Å²) >= 11 is 6.24. The Hall–Kier alpha value is -0.670. The molecular weight excluding hydrogens is 270 g/mol. The maximum Gasteiger partial charge on any atom is 0.130 e. The van der Waals surface area contributed by atoms with Gasteiger partial charge in [-0.3, -0.25) is 0 Å². The smallest absolute Gasteiger partial charge is 0.130 e. The largest absolute Gasteiger partial charge is 0.378 e. The third kappa shape index (κ3) is 3.90. The Morgan fingerprint density at radius 1 is 1.32 bits per heavy atom. The first kappa shape index (κ1) is 14.7. The molecule has 0 radical (unpaired) electrons. The molecule has 19 heavy (non-hydrogen) atoms. The average molecular weight is 289 g/mol. The fraction of sp³-hybridized carbons (Fsp3) is 0.600. The summed E-state index contributed by atoms with van der Waals surface area (Å²) in [6, 6.07) is 2.42. The lowest BCUT2D eigenvalue weighted by atomic mass is 9.99. The van der Waals surface area contributed by atoms with Gasteiger partial charge < -0.3 is 4.74 Å². The second-order valence-corrected chi connectivity index (χ2v) is 5.68. The fourth-order valence-electron chi connectivity index (χ4n) is 2.44. The Morgan fingerprint density at radius 2 is 2.11 bits per heavy atom. The first-order valence-electron chi connectivity index (χ1n) is 6.79. The van der Waals surface area contributed by atoms with E-state index >= 15 is 0 Å². The molecule has 1 heterocycles. The molecule has 0 amide bonds. The van der Waals surface area contributed by atoms with Crippen molar-refractivity contribution >= 4 is 11.6 Å². The van der Waals surface area contributed by atoms with Gasteiger partial charge in [0.2, 0.25) is 0 Å². The van der Waals surface area contributed by atoms with Gasteiger partial charge in [0.25, 0.3) is 0 Å². The number of alkyl halides is 1. The molecule has 4 heteroatoms. The molecule has 0 bridgehead atoms. The van der Waals surface area contributed by atoms with E-state index in [9.17, 15) is 8.78 Å². The summed E-state index contributed by atoms with van der Waals surface area (Å²) < 4.78 is 32.5. The molecule has 1 aliphatic rings. The van der Waals surface area contributed by atoms with Gasteiger partial charge >= 0.3 is 0 Å². The van der Waals surface area contributed by atoms with Crippen LogP contribution in [0.4, 0.5) is 8.78 Å². The molecule has 0 aromatic heterocycles. The minimum atomic E-state index is -0.562. The van der Waals surface area contributed by atoms with E-state index in [0.717, 1.165) is 31.9 Å². The van der Waals surface area contributed by atoms with Gasteiger partial charge in [-0.1, -0.05) is 0 Å². The van der Waals surface area contributed by atoms with Gasteiger partial charge in [0.1, 0.15) is 11.6 Å². The van der Waals surface area contributed by atoms with Gasteiger partial charge in [-0.15, -0.1) is 11.6 Å². The molecule has 1 nitrogen and oxygen atoms in total. The Labute approximate surface area is 117 Å². The van der Waals surface area contributed by atoms with E-state index in [1.165, 1.54) is 12.5 Å². The fourth-order valence-corrected chi connectivity index (χ4v) is 2.74. The summed E-state index contributed by atoms with van der Waals surface area (Å²) in [6.07, 6.45) is 5.06. The molecular formula is C15H19ClF2O. The van der Waals surface area contributed by atoms with Crippen molar-refractivity contribution < 1.29 is 13.5 Å². The van der Waals surface area contributed by atoms with Gasteiger partial charge in [0.05, 0.1) is 11.5 Å². The summed E-state index contributed by atoms with van der Waals surface area (Å²) in [5.41, 5.74) is 0.812. The molecule has 0 aliphatic carbocycles. The van der Waals surface area contributed by atoms with Crippen molar-refractivity contribution in [2.24, 2.45) is 0 Å². The highest BCUT2D eigenvalue weighted by Crippen LogP contribution is 2.31. The highest BCUT2D eigenvalue weighted by Gasteiger charge is 2.19. The number of benzene rings is 1. The van der Waals surface area contributed by atoms with Crippen molar-refractivity contribution in [2.45, 2.75) is 50.5 Å². The molecule has 2 unspecified atom stereocenters. The van der Waals surface area contributed by atoms with Gasteiger partial charge in [0, 0.05) is 18.2 Å². The van der Waals surface area contributed by atoms with Crippen LogP contribution in [0.5, 0.6) is 0 Å². The Morgan fingerprint density at radius 3 is 2.79 bits per heavy atom. The highest BCUT2D eigenvalue weighted by molar-refractivity contribution is 6.20. The maximum absolute atomic E-state index is 13.7.